The Balaban J connectivity index is 1.82. The molecule has 1 radical (unpaired) electrons. The third-order valence-corrected chi connectivity index (χ3v) is 2.77. The minimum atomic E-state index is 0.908. The van der Waals surface area contributed by atoms with Crippen molar-refractivity contribution < 1.29 is 4.74 Å². The lowest BCUT2D eigenvalue weighted by atomic mass is 10.0. The van der Waals surface area contributed by atoms with E-state index >= 15 is 0 Å². The first kappa shape index (κ1) is 11.7. The zero-order valence-electron chi connectivity index (χ0n) is 10.1. The Labute approximate surface area is 103 Å². The Morgan fingerprint density at radius 2 is 1.65 bits per heavy atom. The molecular weight excluding hydrogens is 208 g/mol. The summed E-state index contributed by atoms with van der Waals surface area (Å²) in [6.07, 6.45) is 4.41. The fourth-order valence-electron chi connectivity index (χ4n) is 1.79. The topological polar surface area (TPSA) is 9.23 Å². The molecule has 2 rings (SSSR count). The highest BCUT2D eigenvalue weighted by atomic mass is 16.5. The summed E-state index contributed by atoms with van der Waals surface area (Å²) in [5.74, 6) is 0.908. The molecule has 0 N–H and O–H groups in total. The number of benzene rings is 2. The second kappa shape index (κ2) is 6.09. The third-order valence-electron chi connectivity index (χ3n) is 2.77. The number of methoxy groups -OCH3 is 1. The Morgan fingerprint density at radius 1 is 0.941 bits per heavy atom. The standard InChI is InChI=1S/C16H17O/c1-17-16-12-10-15(11-13-16)9-5-8-14-6-3-2-4-7-14/h2-4,6-7,9-13H,5,8H2,1H3. The van der Waals surface area contributed by atoms with Crippen LogP contribution < -0.4 is 4.74 Å². The van der Waals surface area contributed by atoms with Crippen molar-refractivity contribution in [2.75, 3.05) is 7.11 Å². The Morgan fingerprint density at radius 3 is 2.29 bits per heavy atom. The average Bonchev–Trinajstić information content (AvgIpc) is 2.41. The molecule has 0 unspecified atom stereocenters. The summed E-state index contributed by atoms with van der Waals surface area (Å²) in [4.78, 5) is 0. The molecule has 1 nitrogen and oxygen atoms in total. The van der Waals surface area contributed by atoms with E-state index in [9.17, 15) is 0 Å². The first-order chi connectivity index (χ1) is 8.38. The molecule has 0 aliphatic rings. The van der Waals surface area contributed by atoms with Gasteiger partial charge >= 0.3 is 0 Å². The fraction of sp³-hybridized carbons (Fsp3) is 0.188. The first-order valence-electron chi connectivity index (χ1n) is 5.89. The average molecular weight is 225 g/mol. The van der Waals surface area contributed by atoms with E-state index in [1.165, 1.54) is 11.1 Å². The molecule has 0 bridgehead atoms. The minimum absolute atomic E-state index is 0.908. The van der Waals surface area contributed by atoms with Gasteiger partial charge in [0.05, 0.1) is 7.11 Å². The van der Waals surface area contributed by atoms with Crippen molar-refractivity contribution in [3.8, 4) is 5.75 Å². The van der Waals surface area contributed by atoms with Gasteiger partial charge in [-0.1, -0.05) is 42.5 Å². The zero-order chi connectivity index (χ0) is 11.9. The number of rotatable bonds is 5. The maximum absolute atomic E-state index is 5.13. The molecule has 87 valence electrons. The Hall–Kier alpha value is -1.76. The lowest BCUT2D eigenvalue weighted by Gasteiger charge is -2.03. The van der Waals surface area contributed by atoms with Crippen LogP contribution in [0.1, 0.15) is 17.5 Å². The van der Waals surface area contributed by atoms with Gasteiger partial charge in [-0.15, -0.1) is 0 Å². The van der Waals surface area contributed by atoms with E-state index in [2.05, 4.69) is 48.9 Å². The molecule has 17 heavy (non-hydrogen) atoms. The lowest BCUT2D eigenvalue weighted by molar-refractivity contribution is 0.414. The predicted octanol–water partition coefficient (Wildman–Crippen LogP) is 3.88. The smallest absolute Gasteiger partial charge is 0.118 e. The monoisotopic (exact) mass is 225 g/mol. The van der Waals surface area contributed by atoms with Crippen LogP contribution in [0.15, 0.2) is 54.6 Å². The maximum Gasteiger partial charge on any atom is 0.118 e. The number of ether oxygens (including phenoxy) is 1. The van der Waals surface area contributed by atoms with Gasteiger partial charge in [0.15, 0.2) is 0 Å². The van der Waals surface area contributed by atoms with Crippen LogP contribution in [0.5, 0.6) is 5.75 Å². The molecule has 0 aromatic heterocycles. The van der Waals surface area contributed by atoms with Crippen LogP contribution in [0.25, 0.3) is 0 Å². The quantitative estimate of drug-likeness (QED) is 0.750. The van der Waals surface area contributed by atoms with Gasteiger partial charge in [-0.05, 0) is 42.5 Å². The van der Waals surface area contributed by atoms with Gasteiger partial charge in [0.25, 0.3) is 0 Å². The molecular formula is C16H17O. The highest BCUT2D eigenvalue weighted by molar-refractivity contribution is 5.31. The number of hydrogen-bond acceptors (Lipinski definition) is 1. The summed E-state index contributed by atoms with van der Waals surface area (Å²) < 4.78 is 5.13. The van der Waals surface area contributed by atoms with Crippen LogP contribution >= 0.6 is 0 Å². The molecule has 0 aliphatic carbocycles. The summed E-state index contributed by atoms with van der Waals surface area (Å²) in [5, 5.41) is 0. The largest absolute Gasteiger partial charge is 0.497 e. The number of hydrogen-bond donors (Lipinski definition) is 0. The van der Waals surface area contributed by atoms with Crippen molar-refractivity contribution in [2.45, 2.75) is 12.8 Å². The molecule has 0 saturated heterocycles. The highest BCUT2D eigenvalue weighted by Crippen LogP contribution is 2.15. The second-order valence-corrected chi connectivity index (χ2v) is 4.00. The SMILES string of the molecule is COc1ccc([CH]CCc2ccccc2)cc1. The van der Waals surface area contributed by atoms with E-state index in [1.807, 2.05) is 12.1 Å². The van der Waals surface area contributed by atoms with Crippen molar-refractivity contribution in [1.82, 2.24) is 0 Å². The molecule has 0 fully saturated rings. The Bertz CT molecular complexity index is 431. The van der Waals surface area contributed by atoms with E-state index < -0.39 is 0 Å². The van der Waals surface area contributed by atoms with Crippen molar-refractivity contribution >= 4 is 0 Å². The maximum atomic E-state index is 5.13. The molecule has 1 heteroatoms. The van der Waals surface area contributed by atoms with Crippen molar-refractivity contribution in [3.05, 3.63) is 72.1 Å². The van der Waals surface area contributed by atoms with Gasteiger partial charge in [-0.2, -0.15) is 0 Å². The molecule has 0 spiro atoms. The molecule has 0 heterocycles. The highest BCUT2D eigenvalue weighted by Gasteiger charge is 1.96. The molecule has 2 aromatic rings. The number of aryl methyl sites for hydroxylation is 1. The van der Waals surface area contributed by atoms with Crippen LogP contribution in [0, 0.1) is 6.42 Å². The minimum Gasteiger partial charge on any atom is -0.497 e. The van der Waals surface area contributed by atoms with Crippen molar-refractivity contribution in [1.29, 1.82) is 0 Å². The summed E-state index contributed by atoms with van der Waals surface area (Å²) in [6, 6.07) is 18.7. The van der Waals surface area contributed by atoms with Gasteiger partial charge in [0.2, 0.25) is 0 Å². The van der Waals surface area contributed by atoms with Gasteiger partial charge in [0.1, 0.15) is 5.75 Å². The van der Waals surface area contributed by atoms with Gasteiger partial charge < -0.3 is 4.74 Å². The summed E-state index contributed by atoms with van der Waals surface area (Å²) in [6.45, 7) is 0. The molecule has 0 atom stereocenters. The molecule has 0 saturated carbocycles. The van der Waals surface area contributed by atoms with Gasteiger partial charge in [0, 0.05) is 0 Å². The third kappa shape index (κ3) is 3.63. The molecule has 0 amide bonds. The molecule has 0 aliphatic heterocycles. The van der Waals surface area contributed by atoms with Crippen molar-refractivity contribution in [2.24, 2.45) is 0 Å². The molecule has 2 aromatic carbocycles. The van der Waals surface area contributed by atoms with E-state index in [0.29, 0.717) is 0 Å². The van der Waals surface area contributed by atoms with Crippen LogP contribution in [0.3, 0.4) is 0 Å². The van der Waals surface area contributed by atoms with E-state index in [0.717, 1.165) is 18.6 Å². The van der Waals surface area contributed by atoms with Gasteiger partial charge in [-0.25, -0.2) is 0 Å². The summed E-state index contributed by atoms with van der Waals surface area (Å²) in [7, 11) is 1.69. The normalized spacial score (nSPS) is 10.2. The van der Waals surface area contributed by atoms with Crippen LogP contribution in [-0.2, 0) is 6.42 Å². The van der Waals surface area contributed by atoms with Crippen LogP contribution in [0.2, 0.25) is 0 Å². The zero-order valence-corrected chi connectivity index (χ0v) is 10.1. The fourth-order valence-corrected chi connectivity index (χ4v) is 1.79. The van der Waals surface area contributed by atoms with Crippen LogP contribution in [-0.4, -0.2) is 7.11 Å². The van der Waals surface area contributed by atoms with E-state index in [4.69, 9.17) is 4.74 Å². The van der Waals surface area contributed by atoms with Crippen LogP contribution in [0.4, 0.5) is 0 Å². The first-order valence-corrected chi connectivity index (χ1v) is 5.89. The van der Waals surface area contributed by atoms with E-state index in [1.54, 1.807) is 7.11 Å². The van der Waals surface area contributed by atoms with Gasteiger partial charge in [-0.3, -0.25) is 0 Å². The lowest BCUT2D eigenvalue weighted by Crippen LogP contribution is -1.88. The predicted molar refractivity (Wildman–Crippen MR) is 71.2 cm³/mol. The second-order valence-electron chi connectivity index (χ2n) is 4.00. The summed E-state index contributed by atoms with van der Waals surface area (Å²) in [5.41, 5.74) is 2.64. The van der Waals surface area contributed by atoms with Crippen molar-refractivity contribution in [3.63, 3.8) is 0 Å². The van der Waals surface area contributed by atoms with E-state index in [-0.39, 0.29) is 0 Å². The Kier molecular flexibility index (Phi) is 4.20. The summed E-state index contributed by atoms with van der Waals surface area (Å²) >= 11 is 0.